The van der Waals surface area contributed by atoms with Crippen molar-refractivity contribution in [2.75, 3.05) is 17.3 Å². The smallest absolute Gasteiger partial charge is 0.398 e. The molecule has 1 amide bonds. The van der Waals surface area contributed by atoms with Crippen molar-refractivity contribution >= 4 is 46.0 Å². The van der Waals surface area contributed by atoms with Crippen LogP contribution in [-0.2, 0) is 16.7 Å². The van der Waals surface area contributed by atoms with E-state index in [-0.39, 0.29) is 0 Å². The van der Waals surface area contributed by atoms with Gasteiger partial charge in [0.1, 0.15) is 0 Å². The number of thioether (sulfide) groups is 1. The van der Waals surface area contributed by atoms with Crippen LogP contribution in [-0.4, -0.2) is 17.1 Å². The maximum Gasteiger partial charge on any atom is 0.416 e. The molecule has 4 nitrogen and oxygen atoms in total. The summed E-state index contributed by atoms with van der Waals surface area (Å²) in [4.78, 5) is 16.7. The summed E-state index contributed by atoms with van der Waals surface area (Å²) in [5.41, 5.74) is 8.62. The number of hydrogen-bond acceptors (Lipinski definition) is 4. The van der Waals surface area contributed by atoms with Gasteiger partial charge in [-0.3, -0.25) is 9.78 Å². The molecule has 3 aromatic rings. The number of carbonyl (C=O) groups excluding carboxylic acids is 1. The number of halogens is 3. The fourth-order valence-corrected chi connectivity index (χ4v) is 3.19. The largest absolute Gasteiger partial charge is 0.416 e. The second-order valence-electron chi connectivity index (χ2n) is 6.31. The van der Waals surface area contributed by atoms with Gasteiger partial charge >= 0.3 is 6.18 Å². The number of carbonyl (C=O) groups is 1. The Balaban J connectivity index is 1.71. The lowest BCUT2D eigenvalue weighted by Crippen LogP contribution is -2.08. The van der Waals surface area contributed by atoms with Crippen LogP contribution in [0.2, 0.25) is 0 Å². The van der Waals surface area contributed by atoms with Crippen LogP contribution in [0.25, 0.3) is 17.0 Å². The van der Waals surface area contributed by atoms with E-state index in [0.29, 0.717) is 16.9 Å². The van der Waals surface area contributed by atoms with Gasteiger partial charge < -0.3 is 11.1 Å². The molecule has 2 aromatic carbocycles. The van der Waals surface area contributed by atoms with Crippen molar-refractivity contribution < 1.29 is 18.0 Å². The summed E-state index contributed by atoms with van der Waals surface area (Å²) in [5.74, 6) is 0.350. The minimum Gasteiger partial charge on any atom is -0.398 e. The summed E-state index contributed by atoms with van der Waals surface area (Å²) in [5, 5.41) is 3.45. The number of nitrogens with zero attached hydrogens (tertiary/aromatic N) is 1. The Hall–Kier alpha value is -3.00. The maximum absolute atomic E-state index is 12.6. The van der Waals surface area contributed by atoms with Crippen molar-refractivity contribution in [3.05, 3.63) is 71.4 Å². The minimum absolute atomic E-state index is 0.408. The average molecular weight is 417 g/mol. The van der Waals surface area contributed by atoms with Crippen LogP contribution in [0.1, 0.15) is 16.8 Å². The zero-order valence-electron chi connectivity index (χ0n) is 15.5. The minimum atomic E-state index is -4.39. The lowest BCUT2D eigenvalue weighted by molar-refractivity contribution is -0.137. The molecular weight excluding hydrogens is 399 g/mol. The molecule has 0 bridgehead atoms. The Labute approximate surface area is 170 Å². The third-order valence-electron chi connectivity index (χ3n) is 4.12. The molecule has 0 spiro atoms. The summed E-state index contributed by atoms with van der Waals surface area (Å²) in [7, 11) is 0. The van der Waals surface area contributed by atoms with E-state index >= 15 is 0 Å². The van der Waals surface area contributed by atoms with E-state index in [2.05, 4.69) is 10.3 Å². The first-order valence-corrected chi connectivity index (χ1v) is 10.00. The van der Waals surface area contributed by atoms with Crippen LogP contribution in [0.3, 0.4) is 0 Å². The van der Waals surface area contributed by atoms with Crippen molar-refractivity contribution in [3.63, 3.8) is 0 Å². The third kappa shape index (κ3) is 5.29. The number of fused-ring (bicyclic) bond motifs is 1. The molecule has 1 heterocycles. The Morgan fingerprint density at radius 3 is 2.55 bits per heavy atom. The molecule has 29 heavy (non-hydrogen) atoms. The van der Waals surface area contributed by atoms with Gasteiger partial charge in [0.2, 0.25) is 5.91 Å². The van der Waals surface area contributed by atoms with Crippen LogP contribution >= 0.6 is 11.8 Å². The number of anilines is 2. The number of alkyl halides is 3. The van der Waals surface area contributed by atoms with E-state index in [1.807, 2.05) is 12.3 Å². The first-order chi connectivity index (χ1) is 13.8. The molecule has 0 aliphatic carbocycles. The SMILES string of the molecule is CSCc1cc(N)c2cc(NC(=O)/C=C/c3ccc(C(F)(F)F)cc3)ccc2n1. The van der Waals surface area contributed by atoms with Crippen molar-refractivity contribution in [1.82, 2.24) is 4.98 Å². The van der Waals surface area contributed by atoms with Gasteiger partial charge in [-0.1, -0.05) is 12.1 Å². The lowest BCUT2D eigenvalue weighted by Gasteiger charge is -2.08. The molecule has 0 aliphatic rings. The average Bonchev–Trinajstić information content (AvgIpc) is 2.67. The molecule has 0 saturated heterocycles. The van der Waals surface area contributed by atoms with Gasteiger partial charge in [-0.25, -0.2) is 0 Å². The molecule has 0 saturated carbocycles. The molecule has 3 rings (SSSR count). The van der Waals surface area contributed by atoms with Crippen LogP contribution in [0.4, 0.5) is 24.5 Å². The summed E-state index contributed by atoms with van der Waals surface area (Å²) in [6.45, 7) is 0. The van der Waals surface area contributed by atoms with Crippen LogP contribution in [0.5, 0.6) is 0 Å². The van der Waals surface area contributed by atoms with E-state index < -0.39 is 17.6 Å². The zero-order valence-corrected chi connectivity index (χ0v) is 16.3. The first kappa shape index (κ1) is 20.7. The zero-order chi connectivity index (χ0) is 21.0. The van der Waals surface area contributed by atoms with Crippen molar-refractivity contribution in [3.8, 4) is 0 Å². The normalized spacial score (nSPS) is 11.9. The van der Waals surface area contributed by atoms with Crippen LogP contribution in [0.15, 0.2) is 54.6 Å². The molecule has 0 fully saturated rings. The standard InChI is InChI=1S/C21H18F3N3OS/c1-29-12-16-11-18(25)17-10-15(7-8-19(17)26-16)27-20(28)9-4-13-2-5-14(6-3-13)21(22,23)24/h2-11H,12H2,1H3,(H2,25,26)(H,27,28)/b9-4+. The highest BCUT2D eigenvalue weighted by atomic mass is 32.2. The number of benzene rings is 2. The molecule has 8 heteroatoms. The van der Waals surface area contributed by atoms with Gasteiger partial charge in [0.15, 0.2) is 0 Å². The number of nitrogens with one attached hydrogen (secondary N) is 1. The maximum atomic E-state index is 12.6. The number of hydrogen-bond donors (Lipinski definition) is 2. The monoisotopic (exact) mass is 417 g/mol. The lowest BCUT2D eigenvalue weighted by atomic mass is 10.1. The topological polar surface area (TPSA) is 68.0 Å². The van der Waals surface area contributed by atoms with Gasteiger partial charge in [-0.05, 0) is 54.3 Å². The Morgan fingerprint density at radius 1 is 1.17 bits per heavy atom. The summed E-state index contributed by atoms with van der Waals surface area (Å²) in [6, 6.07) is 11.6. The van der Waals surface area contributed by atoms with Gasteiger partial charge in [-0.2, -0.15) is 24.9 Å². The molecular formula is C21H18F3N3OS. The van der Waals surface area contributed by atoms with E-state index in [0.717, 1.165) is 34.5 Å². The van der Waals surface area contributed by atoms with Gasteiger partial charge in [-0.15, -0.1) is 0 Å². The molecule has 0 atom stereocenters. The molecule has 0 unspecified atom stereocenters. The van der Waals surface area contributed by atoms with E-state index in [9.17, 15) is 18.0 Å². The van der Waals surface area contributed by atoms with Gasteiger partial charge in [0, 0.05) is 28.6 Å². The Kier molecular flexibility index (Phi) is 6.12. The molecule has 150 valence electrons. The number of nitrogens with two attached hydrogens (primary N) is 1. The number of rotatable bonds is 5. The predicted molar refractivity (Wildman–Crippen MR) is 112 cm³/mol. The second-order valence-corrected chi connectivity index (χ2v) is 7.18. The molecule has 0 radical (unpaired) electrons. The molecule has 3 N–H and O–H groups in total. The van der Waals surface area contributed by atoms with E-state index in [1.54, 1.807) is 30.0 Å². The van der Waals surface area contributed by atoms with Gasteiger partial charge in [0.05, 0.1) is 16.8 Å². The van der Waals surface area contributed by atoms with Crippen molar-refractivity contribution in [2.24, 2.45) is 0 Å². The fourth-order valence-electron chi connectivity index (χ4n) is 2.75. The summed E-state index contributed by atoms with van der Waals surface area (Å²) < 4.78 is 37.7. The van der Waals surface area contributed by atoms with Gasteiger partial charge in [0.25, 0.3) is 0 Å². The quantitative estimate of drug-likeness (QED) is 0.549. The number of aromatic nitrogens is 1. The highest BCUT2D eigenvalue weighted by Crippen LogP contribution is 2.29. The second kappa shape index (κ2) is 8.57. The third-order valence-corrected chi connectivity index (χ3v) is 4.70. The Morgan fingerprint density at radius 2 is 1.90 bits per heavy atom. The van der Waals surface area contributed by atoms with Crippen LogP contribution < -0.4 is 11.1 Å². The van der Waals surface area contributed by atoms with Crippen molar-refractivity contribution in [2.45, 2.75) is 11.9 Å². The summed E-state index contributed by atoms with van der Waals surface area (Å²) in [6.07, 6.45) is 0.304. The fraction of sp³-hybridized carbons (Fsp3) is 0.143. The first-order valence-electron chi connectivity index (χ1n) is 8.60. The molecule has 0 aliphatic heterocycles. The summed E-state index contributed by atoms with van der Waals surface area (Å²) >= 11 is 1.65. The predicted octanol–water partition coefficient (Wildman–Crippen LogP) is 5.35. The van der Waals surface area contributed by atoms with Crippen LogP contribution in [0, 0.1) is 0 Å². The number of pyridine rings is 1. The van der Waals surface area contributed by atoms with Crippen molar-refractivity contribution in [1.29, 1.82) is 0 Å². The van der Waals surface area contributed by atoms with E-state index in [4.69, 9.17) is 5.73 Å². The number of amides is 1. The highest BCUT2D eigenvalue weighted by Gasteiger charge is 2.29. The Bertz CT molecular complexity index is 1060. The molecule has 1 aromatic heterocycles. The van der Waals surface area contributed by atoms with E-state index in [1.165, 1.54) is 24.3 Å². The number of nitrogen functional groups attached to an aromatic ring is 1. The highest BCUT2D eigenvalue weighted by molar-refractivity contribution is 7.97.